The van der Waals surface area contributed by atoms with E-state index in [0.29, 0.717) is 16.8 Å². The van der Waals surface area contributed by atoms with E-state index in [-0.39, 0.29) is 17.1 Å². The largest absolute Gasteiger partial charge is 0.495 e. The summed E-state index contributed by atoms with van der Waals surface area (Å²) in [6.45, 7) is -0.202. The Morgan fingerprint density at radius 3 is 2.57 bits per heavy atom. The van der Waals surface area contributed by atoms with E-state index in [1.54, 1.807) is 6.07 Å². The first kappa shape index (κ1) is 17.6. The molecule has 1 N–H and O–H groups in total. The van der Waals surface area contributed by atoms with Crippen LogP contribution >= 0.6 is 11.8 Å². The van der Waals surface area contributed by atoms with Crippen LogP contribution in [0, 0.1) is 11.6 Å². The number of rotatable bonds is 6. The van der Waals surface area contributed by atoms with Crippen molar-refractivity contribution in [3.63, 3.8) is 0 Å². The Kier molecular flexibility index (Phi) is 5.50. The summed E-state index contributed by atoms with van der Waals surface area (Å²) in [5.41, 5.74) is 0.274. The number of thioether (sulfide) groups is 1. The number of ether oxygens (including phenoxy) is 1. The lowest BCUT2D eigenvalue weighted by molar-refractivity contribution is 0.402. The topological polar surface area (TPSA) is 81.2 Å². The zero-order valence-electron chi connectivity index (χ0n) is 12.2. The minimum absolute atomic E-state index is 0.202. The summed E-state index contributed by atoms with van der Waals surface area (Å²) < 4.78 is 57.6. The maximum absolute atomic E-state index is 13.2. The van der Waals surface area contributed by atoms with Crippen LogP contribution < -0.4 is 9.46 Å². The van der Waals surface area contributed by atoms with E-state index in [2.05, 4.69) is 14.9 Å². The van der Waals surface area contributed by atoms with Crippen molar-refractivity contribution in [2.45, 2.75) is 16.5 Å². The van der Waals surface area contributed by atoms with Crippen LogP contribution in [0.25, 0.3) is 0 Å². The van der Waals surface area contributed by atoms with Gasteiger partial charge in [-0.3, -0.25) is 0 Å². The molecule has 6 nitrogen and oxygen atoms in total. The minimum atomic E-state index is -4.02. The number of aromatic nitrogens is 2. The van der Waals surface area contributed by atoms with Gasteiger partial charge in [-0.15, -0.1) is 22.0 Å². The fourth-order valence-corrected chi connectivity index (χ4v) is 3.02. The summed E-state index contributed by atoms with van der Waals surface area (Å²) in [5.74, 6) is -1.99. The van der Waals surface area contributed by atoms with Gasteiger partial charge in [-0.05, 0) is 24.5 Å². The number of hydrogen-bond donors (Lipinski definition) is 1. The van der Waals surface area contributed by atoms with Gasteiger partial charge in [-0.2, -0.15) is 0 Å². The van der Waals surface area contributed by atoms with Crippen LogP contribution in [-0.2, 0) is 16.6 Å². The highest BCUT2D eigenvalue weighted by molar-refractivity contribution is 7.98. The molecule has 0 bridgehead atoms. The molecule has 0 amide bonds. The molecule has 0 aliphatic heterocycles. The van der Waals surface area contributed by atoms with Crippen molar-refractivity contribution in [1.29, 1.82) is 0 Å². The predicted molar refractivity (Wildman–Crippen MR) is 80.7 cm³/mol. The van der Waals surface area contributed by atoms with E-state index >= 15 is 0 Å². The number of methoxy groups -OCH3 is 1. The van der Waals surface area contributed by atoms with Crippen molar-refractivity contribution in [3.8, 4) is 5.75 Å². The van der Waals surface area contributed by atoms with Crippen molar-refractivity contribution in [2.24, 2.45) is 0 Å². The fraction of sp³-hybridized carbons (Fsp3) is 0.231. The van der Waals surface area contributed by atoms with Crippen LogP contribution in [0.1, 0.15) is 5.69 Å². The van der Waals surface area contributed by atoms with Gasteiger partial charge < -0.3 is 4.74 Å². The van der Waals surface area contributed by atoms with E-state index in [9.17, 15) is 17.2 Å². The van der Waals surface area contributed by atoms with Crippen molar-refractivity contribution in [1.82, 2.24) is 14.9 Å². The molecule has 0 fully saturated rings. The molecule has 2 rings (SSSR count). The van der Waals surface area contributed by atoms with Crippen LogP contribution in [0.5, 0.6) is 5.75 Å². The monoisotopic (exact) mass is 361 g/mol. The summed E-state index contributed by atoms with van der Waals surface area (Å²) in [4.78, 5) is -0.385. The Bertz CT molecular complexity index is 816. The lowest BCUT2D eigenvalue weighted by Gasteiger charge is -2.10. The number of nitrogens with zero attached hydrogens (tertiary/aromatic N) is 2. The maximum Gasteiger partial charge on any atom is 0.241 e. The molecule has 0 atom stereocenters. The van der Waals surface area contributed by atoms with Crippen molar-refractivity contribution in [3.05, 3.63) is 41.6 Å². The number of sulfonamides is 1. The zero-order chi connectivity index (χ0) is 17.0. The highest BCUT2D eigenvalue weighted by Gasteiger charge is 2.18. The number of hydrogen-bond acceptors (Lipinski definition) is 6. The predicted octanol–water partition coefficient (Wildman–Crippen LogP) is 1.96. The van der Waals surface area contributed by atoms with Crippen LogP contribution in [0.4, 0.5) is 8.78 Å². The van der Waals surface area contributed by atoms with E-state index < -0.39 is 21.7 Å². The Hall–Kier alpha value is -1.78. The van der Waals surface area contributed by atoms with Crippen molar-refractivity contribution < 1.29 is 21.9 Å². The molecular formula is C13H13F2N3O3S2. The molecular weight excluding hydrogens is 348 g/mol. The second-order valence-electron chi connectivity index (χ2n) is 4.30. The van der Waals surface area contributed by atoms with Crippen molar-refractivity contribution in [2.75, 3.05) is 13.4 Å². The minimum Gasteiger partial charge on any atom is -0.495 e. The molecule has 0 saturated heterocycles. The van der Waals surface area contributed by atoms with Gasteiger partial charge in [0.05, 0.1) is 18.6 Å². The normalized spacial score (nSPS) is 11.5. The Balaban J connectivity index is 2.20. The molecule has 0 saturated carbocycles. The van der Waals surface area contributed by atoms with Gasteiger partial charge in [0.15, 0.2) is 11.6 Å². The van der Waals surface area contributed by atoms with Crippen LogP contribution in [0.2, 0.25) is 0 Å². The lowest BCUT2D eigenvalue weighted by atomic mass is 10.3. The molecule has 10 heteroatoms. The third-order valence-corrected chi connectivity index (χ3v) is 4.89. The molecule has 0 unspecified atom stereocenters. The summed E-state index contributed by atoms with van der Waals surface area (Å²) >= 11 is 1.36. The summed E-state index contributed by atoms with van der Waals surface area (Å²) in [5, 5.41) is 8.40. The maximum atomic E-state index is 13.2. The molecule has 0 aliphatic carbocycles. The summed E-state index contributed by atoms with van der Waals surface area (Å²) in [6.07, 6.45) is 1.81. The molecule has 23 heavy (non-hydrogen) atoms. The zero-order valence-corrected chi connectivity index (χ0v) is 13.8. The molecule has 1 aromatic carbocycles. The van der Waals surface area contributed by atoms with Gasteiger partial charge in [0.25, 0.3) is 0 Å². The number of nitrogens with one attached hydrogen (secondary N) is 1. The number of halogens is 2. The Morgan fingerprint density at radius 1 is 1.22 bits per heavy atom. The SMILES string of the molecule is COc1cc(SC)nnc1CNS(=O)(=O)c1ccc(F)c(F)c1. The van der Waals surface area contributed by atoms with Gasteiger partial charge in [0.2, 0.25) is 10.0 Å². The van der Waals surface area contributed by atoms with Crippen LogP contribution in [0.3, 0.4) is 0 Å². The van der Waals surface area contributed by atoms with Gasteiger partial charge in [-0.25, -0.2) is 21.9 Å². The van der Waals surface area contributed by atoms with Gasteiger partial charge in [-0.1, -0.05) is 0 Å². The third kappa shape index (κ3) is 4.15. The average Bonchev–Trinajstić information content (AvgIpc) is 2.55. The first-order chi connectivity index (χ1) is 10.9. The third-order valence-electron chi connectivity index (χ3n) is 2.87. The Morgan fingerprint density at radius 2 is 1.96 bits per heavy atom. The van der Waals surface area contributed by atoms with Gasteiger partial charge in [0, 0.05) is 6.07 Å². The number of benzene rings is 1. The molecule has 1 heterocycles. The van der Waals surface area contributed by atoms with Gasteiger partial charge >= 0.3 is 0 Å². The second-order valence-corrected chi connectivity index (χ2v) is 6.90. The molecule has 2 aromatic rings. The van der Waals surface area contributed by atoms with E-state index in [1.807, 2.05) is 6.26 Å². The smallest absolute Gasteiger partial charge is 0.241 e. The molecule has 0 radical (unpaired) electrons. The van der Waals surface area contributed by atoms with E-state index in [0.717, 1.165) is 12.1 Å². The van der Waals surface area contributed by atoms with Crippen molar-refractivity contribution >= 4 is 21.8 Å². The van der Waals surface area contributed by atoms with Crippen LogP contribution in [0.15, 0.2) is 34.2 Å². The molecule has 0 aliphatic rings. The summed E-state index contributed by atoms with van der Waals surface area (Å²) in [6, 6.07) is 3.95. The molecule has 0 spiro atoms. The summed E-state index contributed by atoms with van der Waals surface area (Å²) in [7, 11) is -2.60. The quantitative estimate of drug-likeness (QED) is 0.792. The van der Waals surface area contributed by atoms with E-state index in [4.69, 9.17) is 4.74 Å². The first-order valence-corrected chi connectivity index (χ1v) is 8.97. The highest BCUT2D eigenvalue weighted by Crippen LogP contribution is 2.21. The lowest BCUT2D eigenvalue weighted by Crippen LogP contribution is -2.24. The Labute approximate surface area is 136 Å². The van der Waals surface area contributed by atoms with Crippen LogP contribution in [-0.4, -0.2) is 32.0 Å². The molecule has 1 aromatic heterocycles. The standard InChI is InChI=1S/C13H13F2N3O3S2/c1-21-12-6-13(22-2)18-17-11(12)7-16-23(19,20)8-3-4-9(14)10(15)5-8/h3-6,16H,7H2,1-2H3. The molecule has 124 valence electrons. The average molecular weight is 361 g/mol. The first-order valence-electron chi connectivity index (χ1n) is 6.26. The van der Waals surface area contributed by atoms with Gasteiger partial charge in [0.1, 0.15) is 16.5 Å². The second kappa shape index (κ2) is 7.20. The highest BCUT2D eigenvalue weighted by atomic mass is 32.2. The fourth-order valence-electron chi connectivity index (χ4n) is 1.67. The van der Waals surface area contributed by atoms with E-state index in [1.165, 1.54) is 18.9 Å².